The van der Waals surface area contributed by atoms with Gasteiger partial charge < -0.3 is 20.5 Å². The highest BCUT2D eigenvalue weighted by Gasteiger charge is 2.41. The number of carbonyl (C=O) groups excluding carboxylic acids is 5. The van der Waals surface area contributed by atoms with E-state index in [1.807, 2.05) is 55.5 Å². The van der Waals surface area contributed by atoms with E-state index in [0.29, 0.717) is 51.0 Å². The van der Waals surface area contributed by atoms with Crippen LogP contribution in [0.3, 0.4) is 0 Å². The number of unbranched alkanes of at least 4 members (excludes halogenated alkanes) is 2. The average molecular weight is 835 g/mol. The minimum Gasteiger partial charge on any atom is -0.381 e. The number of ether oxygens (including phenoxy) is 2. The summed E-state index contributed by atoms with van der Waals surface area (Å²) in [4.78, 5) is 77.8. The number of hydrogen-bond donors (Lipinski definition) is 3. The summed E-state index contributed by atoms with van der Waals surface area (Å²) in [6, 6.07) is 18.3. The molecule has 1 aromatic heterocycles. The van der Waals surface area contributed by atoms with Crippen molar-refractivity contribution in [3.8, 4) is 0 Å². The summed E-state index contributed by atoms with van der Waals surface area (Å²) in [5.41, 5.74) is 13.0. The van der Waals surface area contributed by atoms with Crippen molar-refractivity contribution in [2.24, 2.45) is 12.8 Å². The van der Waals surface area contributed by atoms with Gasteiger partial charge in [-0.15, -0.1) is 0 Å². The summed E-state index contributed by atoms with van der Waals surface area (Å²) >= 11 is 0. The minimum absolute atomic E-state index is 0.0355. The van der Waals surface area contributed by atoms with Crippen molar-refractivity contribution in [2.45, 2.75) is 128 Å². The molecule has 3 aliphatic rings. The van der Waals surface area contributed by atoms with Gasteiger partial charge in [0.15, 0.2) is 0 Å². The first kappa shape index (κ1) is 43.5. The maximum absolute atomic E-state index is 13.8. The molecule has 14 heteroatoms. The molecule has 324 valence electrons. The molecule has 4 N–H and O–H groups in total. The standard InChI is InChI=1S/C47H58N6O8/c1-30(36(22-24-40(48)54)49-46(58)39-28-35-15-6-12-33-14-8-17-42(56)53(39)43(33)35)61-29-32-20-18-31(19-21-32)10-9-27-60-26-5-3-4-11-34-13-7-16-37-44(34)51(2)47(59)52(37)38-23-25-41(55)50-45(38)57/h6-7,12-13,15-16,18-21,30,36,38-39H,3-5,8-11,14,17,22-29H2,1-2H3,(H2,48,54)(H,49,58)(H,50,55,57)/t30-,36?,38?,39+/m1/s1. The number of rotatable bonds is 20. The molecule has 7 rings (SSSR count). The molecule has 4 aromatic rings. The van der Waals surface area contributed by atoms with Crippen LogP contribution in [0.2, 0.25) is 0 Å². The highest BCUT2D eigenvalue weighted by molar-refractivity contribution is 6.05. The Morgan fingerprint density at radius 3 is 2.43 bits per heavy atom. The van der Waals surface area contributed by atoms with Crippen LogP contribution in [0.1, 0.15) is 105 Å². The lowest BCUT2D eigenvalue weighted by Gasteiger charge is -2.29. The number of imide groups is 1. The quantitative estimate of drug-likeness (QED) is 0.0851. The number of primary amides is 1. The van der Waals surface area contributed by atoms with Crippen molar-refractivity contribution in [2.75, 3.05) is 18.1 Å². The van der Waals surface area contributed by atoms with Crippen LogP contribution in [0.5, 0.6) is 0 Å². The van der Waals surface area contributed by atoms with Crippen molar-refractivity contribution in [3.63, 3.8) is 0 Å². The summed E-state index contributed by atoms with van der Waals surface area (Å²) < 4.78 is 15.3. The second-order valence-corrected chi connectivity index (χ2v) is 16.7. The van der Waals surface area contributed by atoms with Crippen LogP contribution in [0.15, 0.2) is 65.5 Å². The molecule has 0 spiro atoms. The normalized spacial score (nSPS) is 18.5. The first-order valence-corrected chi connectivity index (χ1v) is 21.8. The molecule has 3 aromatic carbocycles. The fourth-order valence-electron chi connectivity index (χ4n) is 9.11. The van der Waals surface area contributed by atoms with Gasteiger partial charge in [-0.25, -0.2) is 4.79 Å². The highest BCUT2D eigenvalue weighted by Crippen LogP contribution is 2.39. The van der Waals surface area contributed by atoms with E-state index in [0.717, 1.165) is 84.8 Å². The van der Waals surface area contributed by atoms with Crippen LogP contribution in [0, 0.1) is 0 Å². The SMILES string of the molecule is C[C@@H](OCc1ccc(CCCOCCCCCc2cccc3c2n(C)c(=O)n3C2CCC(=O)NC2=O)cc1)C(CCC(N)=O)NC(=O)[C@@H]1Cc2cccc3c2N1C(=O)CCC3. The number of nitrogens with one attached hydrogen (secondary N) is 2. The Hall–Kier alpha value is -5.60. The van der Waals surface area contributed by atoms with Gasteiger partial charge >= 0.3 is 5.69 Å². The molecule has 0 bridgehead atoms. The van der Waals surface area contributed by atoms with Crippen LogP contribution in [0.4, 0.5) is 5.69 Å². The Morgan fingerprint density at radius 1 is 0.885 bits per heavy atom. The van der Waals surface area contributed by atoms with Crippen LogP contribution in [0.25, 0.3) is 11.0 Å². The van der Waals surface area contributed by atoms with Gasteiger partial charge in [0.1, 0.15) is 12.1 Å². The predicted molar refractivity (Wildman–Crippen MR) is 231 cm³/mol. The molecule has 4 heterocycles. The first-order valence-electron chi connectivity index (χ1n) is 21.8. The predicted octanol–water partition coefficient (Wildman–Crippen LogP) is 4.63. The molecule has 14 nitrogen and oxygen atoms in total. The Labute approximate surface area is 356 Å². The Bertz CT molecular complexity index is 2320. The maximum atomic E-state index is 13.8. The smallest absolute Gasteiger partial charge is 0.329 e. The molecule has 2 unspecified atom stereocenters. The number of hydrogen-bond acceptors (Lipinski definition) is 8. The summed E-state index contributed by atoms with van der Waals surface area (Å²) in [6.07, 6.45) is 8.38. The molecular weight excluding hydrogens is 777 g/mol. The molecule has 61 heavy (non-hydrogen) atoms. The van der Waals surface area contributed by atoms with Crippen LogP contribution < -0.4 is 27.0 Å². The Morgan fingerprint density at radius 2 is 1.64 bits per heavy atom. The number of nitrogens with zero attached hydrogens (tertiary/aromatic N) is 3. The first-order chi connectivity index (χ1) is 29.5. The lowest BCUT2D eigenvalue weighted by molar-refractivity contribution is -0.135. The van der Waals surface area contributed by atoms with Gasteiger partial charge in [0.05, 0.1) is 35.5 Å². The number of amides is 5. The zero-order chi connectivity index (χ0) is 43.0. The number of aromatic nitrogens is 2. The van der Waals surface area contributed by atoms with E-state index < -0.39 is 36.0 Å². The van der Waals surface area contributed by atoms with Crippen molar-refractivity contribution in [3.05, 3.63) is 99.0 Å². The number of carbonyl (C=O) groups is 5. The van der Waals surface area contributed by atoms with E-state index in [-0.39, 0.29) is 36.3 Å². The zero-order valence-corrected chi connectivity index (χ0v) is 35.3. The number of para-hydroxylation sites is 2. The largest absolute Gasteiger partial charge is 0.381 e. The lowest BCUT2D eigenvalue weighted by Crippen LogP contribution is -2.53. The van der Waals surface area contributed by atoms with Gasteiger partial charge in [0.2, 0.25) is 29.5 Å². The van der Waals surface area contributed by atoms with E-state index in [2.05, 4.69) is 22.8 Å². The molecule has 0 saturated carbocycles. The average Bonchev–Trinajstić information content (AvgIpc) is 3.70. The summed E-state index contributed by atoms with van der Waals surface area (Å²) in [5.74, 6) is -1.48. The highest BCUT2D eigenvalue weighted by atomic mass is 16.5. The number of nitrogens with two attached hydrogens (primary N) is 1. The summed E-state index contributed by atoms with van der Waals surface area (Å²) in [5, 5.41) is 5.48. The Balaban J connectivity index is 0.813. The minimum atomic E-state index is -0.695. The molecule has 1 fully saturated rings. The van der Waals surface area contributed by atoms with Gasteiger partial charge in [-0.3, -0.25) is 43.3 Å². The van der Waals surface area contributed by atoms with Crippen LogP contribution in [-0.2, 0) is 72.8 Å². The van der Waals surface area contributed by atoms with Gasteiger partial charge in [-0.1, -0.05) is 61.0 Å². The van der Waals surface area contributed by atoms with Gasteiger partial charge in [0, 0.05) is 45.9 Å². The van der Waals surface area contributed by atoms with E-state index in [1.54, 1.807) is 16.5 Å². The third-order valence-electron chi connectivity index (χ3n) is 12.4. The third kappa shape index (κ3) is 10.1. The number of fused-ring (bicyclic) bond motifs is 1. The van der Waals surface area contributed by atoms with Crippen LogP contribution >= 0.6 is 0 Å². The van der Waals surface area contributed by atoms with E-state index in [9.17, 15) is 28.8 Å². The molecule has 3 aliphatic heterocycles. The molecule has 0 aliphatic carbocycles. The van der Waals surface area contributed by atoms with E-state index in [4.69, 9.17) is 15.2 Å². The van der Waals surface area contributed by atoms with Crippen molar-refractivity contribution in [1.82, 2.24) is 19.8 Å². The molecule has 5 amide bonds. The van der Waals surface area contributed by atoms with Gasteiger partial charge in [0.25, 0.3) is 0 Å². The topological polar surface area (TPSA) is 184 Å². The van der Waals surface area contributed by atoms with Crippen molar-refractivity contribution < 1.29 is 33.4 Å². The number of imidazole rings is 1. The van der Waals surface area contributed by atoms with Gasteiger partial charge in [-0.05, 0) is 98.6 Å². The fraction of sp³-hybridized carbons (Fsp3) is 0.489. The number of aryl methyl sites for hydroxylation is 4. The Kier molecular flexibility index (Phi) is 14.2. The number of anilines is 1. The summed E-state index contributed by atoms with van der Waals surface area (Å²) in [7, 11) is 1.73. The van der Waals surface area contributed by atoms with Crippen LogP contribution in [-0.4, -0.2) is 70.1 Å². The van der Waals surface area contributed by atoms with Crippen molar-refractivity contribution in [1.29, 1.82) is 0 Å². The number of benzene rings is 3. The van der Waals surface area contributed by atoms with Gasteiger partial charge in [-0.2, -0.15) is 0 Å². The summed E-state index contributed by atoms with van der Waals surface area (Å²) in [6.45, 7) is 3.56. The third-order valence-corrected chi connectivity index (χ3v) is 12.4. The van der Waals surface area contributed by atoms with Crippen molar-refractivity contribution >= 4 is 46.3 Å². The zero-order valence-electron chi connectivity index (χ0n) is 35.3. The monoisotopic (exact) mass is 834 g/mol. The maximum Gasteiger partial charge on any atom is 0.329 e. The fourth-order valence-corrected chi connectivity index (χ4v) is 9.11. The number of piperidine rings is 1. The van der Waals surface area contributed by atoms with E-state index >= 15 is 0 Å². The molecule has 4 atom stereocenters. The molecule has 0 radical (unpaired) electrons. The molecular formula is C47H58N6O8. The van der Waals surface area contributed by atoms with E-state index in [1.165, 1.54) is 10.1 Å². The second-order valence-electron chi connectivity index (χ2n) is 16.7. The lowest BCUT2D eigenvalue weighted by atomic mass is 10.0. The second kappa shape index (κ2) is 19.9. The molecule has 1 saturated heterocycles.